The second-order valence-corrected chi connectivity index (χ2v) is 1.94. The van der Waals surface area contributed by atoms with Gasteiger partial charge in [0.15, 0.2) is 0 Å². The average Bonchev–Trinajstić information content (AvgIpc) is 1.65. The third-order valence-electron chi connectivity index (χ3n) is 1.46. The second kappa shape index (κ2) is 1.51. The Bertz CT molecular complexity index is 103. The Morgan fingerprint density at radius 1 is 1.57 bits per heavy atom. The minimum atomic E-state index is 0.153. The van der Waals surface area contributed by atoms with Crippen LogP contribution in [0, 0.1) is 6.57 Å². The Morgan fingerprint density at radius 2 is 2.29 bits per heavy atom. The highest BCUT2D eigenvalue weighted by Gasteiger charge is 2.32. The van der Waals surface area contributed by atoms with Crippen molar-refractivity contribution in [3.05, 3.63) is 11.4 Å². The van der Waals surface area contributed by atoms with Crippen LogP contribution in [0.3, 0.4) is 0 Å². The number of nitrogens with zero attached hydrogens (tertiary/aromatic N) is 1. The summed E-state index contributed by atoms with van der Waals surface area (Å²) < 4.78 is 0. The molecule has 7 heavy (non-hydrogen) atoms. The van der Waals surface area contributed by atoms with Gasteiger partial charge >= 0.3 is 0 Å². The van der Waals surface area contributed by atoms with Crippen molar-refractivity contribution in [1.82, 2.24) is 0 Å². The summed E-state index contributed by atoms with van der Waals surface area (Å²) in [5.41, 5.74) is 5.42. The average molecular weight is 96.1 g/mol. The highest BCUT2D eigenvalue weighted by atomic mass is 14.9. The van der Waals surface area contributed by atoms with E-state index in [4.69, 9.17) is 12.3 Å². The van der Waals surface area contributed by atoms with Crippen LogP contribution in [0.25, 0.3) is 4.85 Å². The zero-order valence-corrected chi connectivity index (χ0v) is 4.09. The molecule has 1 rings (SSSR count). The lowest BCUT2D eigenvalue weighted by Gasteiger charge is -2.21. The van der Waals surface area contributed by atoms with E-state index in [9.17, 15) is 0 Å². The van der Waals surface area contributed by atoms with Crippen molar-refractivity contribution in [1.29, 1.82) is 0 Å². The molecule has 1 aliphatic carbocycles. The molecule has 1 aliphatic rings. The summed E-state index contributed by atoms with van der Waals surface area (Å²) >= 11 is 0. The van der Waals surface area contributed by atoms with Gasteiger partial charge in [-0.25, -0.2) is 6.57 Å². The van der Waals surface area contributed by atoms with E-state index in [0.29, 0.717) is 0 Å². The second-order valence-electron chi connectivity index (χ2n) is 1.94. The van der Waals surface area contributed by atoms with Crippen LogP contribution >= 0.6 is 0 Å². The highest BCUT2D eigenvalue weighted by molar-refractivity contribution is 4.97. The quantitative estimate of drug-likeness (QED) is 0.434. The van der Waals surface area contributed by atoms with E-state index in [1.165, 1.54) is 0 Å². The summed E-state index contributed by atoms with van der Waals surface area (Å²) in [5.74, 6) is 0. The number of rotatable bonds is 0. The van der Waals surface area contributed by atoms with Gasteiger partial charge in [-0.15, -0.1) is 0 Å². The van der Waals surface area contributed by atoms with Crippen molar-refractivity contribution in [2.75, 3.05) is 0 Å². The lowest BCUT2D eigenvalue weighted by molar-refractivity contribution is 0.390. The lowest BCUT2D eigenvalue weighted by Crippen LogP contribution is -2.41. The molecule has 0 unspecified atom stereocenters. The molecule has 2 N–H and O–H groups in total. The molecule has 38 valence electrons. The first-order valence-corrected chi connectivity index (χ1v) is 2.46. The molecule has 0 bridgehead atoms. The van der Waals surface area contributed by atoms with E-state index in [1.54, 1.807) is 0 Å². The molecule has 0 aliphatic heterocycles. The fourth-order valence-electron chi connectivity index (χ4n) is 0.668. The molecule has 2 heteroatoms. The Morgan fingerprint density at radius 3 is 2.29 bits per heavy atom. The van der Waals surface area contributed by atoms with Crippen LogP contribution in [0.1, 0.15) is 12.8 Å². The van der Waals surface area contributed by atoms with Gasteiger partial charge in [0.1, 0.15) is 0 Å². The normalized spacial score (nSPS) is 38.9. The zero-order valence-electron chi connectivity index (χ0n) is 4.09. The van der Waals surface area contributed by atoms with Gasteiger partial charge in [-0.3, -0.25) is 0 Å². The topological polar surface area (TPSA) is 30.4 Å². The molecule has 0 heterocycles. The molecule has 1 saturated carbocycles. The van der Waals surface area contributed by atoms with Crippen LogP contribution < -0.4 is 5.73 Å². The van der Waals surface area contributed by atoms with Crippen molar-refractivity contribution >= 4 is 0 Å². The van der Waals surface area contributed by atoms with E-state index in [1.807, 2.05) is 0 Å². The molecule has 0 saturated heterocycles. The van der Waals surface area contributed by atoms with Gasteiger partial charge in [0.25, 0.3) is 0 Å². The molecule has 0 amide bonds. The van der Waals surface area contributed by atoms with Crippen molar-refractivity contribution in [3.63, 3.8) is 0 Å². The highest BCUT2D eigenvalue weighted by Crippen LogP contribution is 2.20. The van der Waals surface area contributed by atoms with Gasteiger partial charge < -0.3 is 10.6 Å². The summed E-state index contributed by atoms with van der Waals surface area (Å²) in [5, 5.41) is 0. The van der Waals surface area contributed by atoms with E-state index in [-0.39, 0.29) is 12.1 Å². The molecule has 2 nitrogen and oxygen atoms in total. The standard InChI is InChI=1S/C5H8N2/c1-7-5-3-2-4(5)6/h4-5H,2-3,6H2/t4-,5-/m0/s1. The molecule has 2 atom stereocenters. The molecule has 0 aromatic heterocycles. The Balaban J connectivity index is 2.33. The van der Waals surface area contributed by atoms with E-state index < -0.39 is 0 Å². The lowest BCUT2D eigenvalue weighted by atomic mass is 9.88. The van der Waals surface area contributed by atoms with Crippen LogP contribution in [0.5, 0.6) is 0 Å². The third-order valence-corrected chi connectivity index (χ3v) is 1.46. The van der Waals surface area contributed by atoms with E-state index >= 15 is 0 Å². The van der Waals surface area contributed by atoms with Gasteiger partial charge in [0.2, 0.25) is 6.04 Å². The predicted molar refractivity (Wildman–Crippen MR) is 27.6 cm³/mol. The summed E-state index contributed by atoms with van der Waals surface area (Å²) in [6.45, 7) is 6.54. The zero-order chi connectivity index (χ0) is 5.28. The fourth-order valence-corrected chi connectivity index (χ4v) is 0.668. The smallest absolute Gasteiger partial charge is 0.238 e. The van der Waals surface area contributed by atoms with E-state index in [0.717, 1.165) is 12.8 Å². The molecule has 0 spiro atoms. The molecule has 0 radical (unpaired) electrons. The van der Waals surface area contributed by atoms with Crippen LogP contribution in [-0.2, 0) is 0 Å². The fraction of sp³-hybridized carbons (Fsp3) is 0.800. The third kappa shape index (κ3) is 0.594. The predicted octanol–water partition coefficient (Wildman–Crippen LogP) is 0.395. The van der Waals surface area contributed by atoms with Crippen LogP contribution in [0.4, 0.5) is 0 Å². The van der Waals surface area contributed by atoms with Crippen molar-refractivity contribution in [2.45, 2.75) is 24.9 Å². The van der Waals surface area contributed by atoms with Gasteiger partial charge in [-0.1, -0.05) is 0 Å². The van der Waals surface area contributed by atoms with Gasteiger partial charge in [0.05, 0.1) is 6.04 Å². The van der Waals surface area contributed by atoms with Gasteiger partial charge in [-0.05, 0) is 6.42 Å². The summed E-state index contributed by atoms with van der Waals surface area (Å²) in [6.07, 6.45) is 2.07. The Hall–Kier alpha value is -0.550. The molecule has 0 aromatic carbocycles. The first-order chi connectivity index (χ1) is 3.34. The summed E-state index contributed by atoms with van der Waals surface area (Å²) in [4.78, 5) is 3.30. The number of hydrogen-bond donors (Lipinski definition) is 1. The van der Waals surface area contributed by atoms with Gasteiger partial charge in [0, 0.05) is 6.42 Å². The van der Waals surface area contributed by atoms with Crippen molar-refractivity contribution in [3.8, 4) is 0 Å². The van der Waals surface area contributed by atoms with Crippen LogP contribution in [-0.4, -0.2) is 12.1 Å². The number of hydrogen-bond acceptors (Lipinski definition) is 1. The van der Waals surface area contributed by atoms with Crippen LogP contribution in [0.2, 0.25) is 0 Å². The molecule has 0 aromatic rings. The van der Waals surface area contributed by atoms with Crippen LogP contribution in [0.15, 0.2) is 0 Å². The first-order valence-electron chi connectivity index (χ1n) is 2.46. The maximum absolute atomic E-state index is 6.54. The Kier molecular flexibility index (Phi) is 0.994. The maximum atomic E-state index is 6.54. The van der Waals surface area contributed by atoms with E-state index in [2.05, 4.69) is 4.85 Å². The number of nitrogens with two attached hydrogens (primary N) is 1. The summed E-state index contributed by atoms with van der Waals surface area (Å²) in [6, 6.07) is 0.345. The Labute approximate surface area is 43.1 Å². The summed E-state index contributed by atoms with van der Waals surface area (Å²) in [7, 11) is 0. The SMILES string of the molecule is [C-]#[N+][C@H]1CC[C@@H]1N. The minimum absolute atomic E-state index is 0.153. The first kappa shape index (κ1) is 4.61. The molecular weight excluding hydrogens is 88.1 g/mol. The monoisotopic (exact) mass is 96.1 g/mol. The van der Waals surface area contributed by atoms with Crippen molar-refractivity contribution < 1.29 is 0 Å². The molecule has 1 fully saturated rings. The largest absolute Gasteiger partial charge is 0.321 e. The molecular formula is C5H8N2. The minimum Gasteiger partial charge on any atom is -0.321 e. The maximum Gasteiger partial charge on any atom is 0.238 e. The van der Waals surface area contributed by atoms with Gasteiger partial charge in [-0.2, -0.15) is 0 Å². The van der Waals surface area contributed by atoms with Crippen molar-refractivity contribution in [2.24, 2.45) is 5.73 Å².